The van der Waals surface area contributed by atoms with E-state index >= 15 is 0 Å². The first-order valence-corrected chi connectivity index (χ1v) is 5.64. The van der Waals surface area contributed by atoms with Gasteiger partial charge in [0.25, 0.3) is 0 Å². The summed E-state index contributed by atoms with van der Waals surface area (Å²) in [5, 5.41) is 9.40. The molecule has 0 fully saturated rings. The van der Waals surface area contributed by atoms with Gasteiger partial charge in [-0.2, -0.15) is 5.26 Å². The summed E-state index contributed by atoms with van der Waals surface area (Å²) in [7, 11) is 2.05. The van der Waals surface area contributed by atoms with Crippen molar-refractivity contribution in [2.24, 2.45) is 0 Å². The number of benzene rings is 2. The summed E-state index contributed by atoms with van der Waals surface area (Å²) in [5.74, 6) is -0.154. The van der Waals surface area contributed by atoms with Crippen molar-refractivity contribution in [3.05, 3.63) is 59.7 Å². The van der Waals surface area contributed by atoms with Crippen molar-refractivity contribution in [1.82, 2.24) is 0 Å². The Morgan fingerprint density at radius 3 is 1.88 bits per heavy atom. The van der Waals surface area contributed by atoms with Crippen LogP contribution >= 0.6 is 0 Å². The number of para-hydroxylation sites is 2. The van der Waals surface area contributed by atoms with Crippen molar-refractivity contribution < 1.29 is 0 Å². The lowest BCUT2D eigenvalue weighted by Gasteiger charge is -2.32. The van der Waals surface area contributed by atoms with E-state index in [1.165, 1.54) is 0 Å². The van der Waals surface area contributed by atoms with E-state index in [1.807, 2.05) is 43.4 Å². The van der Waals surface area contributed by atoms with Crippen LogP contribution in [0.5, 0.6) is 0 Å². The van der Waals surface area contributed by atoms with Crippen molar-refractivity contribution in [2.45, 2.75) is 5.92 Å². The quantitative estimate of drug-likeness (QED) is 0.680. The van der Waals surface area contributed by atoms with Crippen molar-refractivity contribution in [3.8, 4) is 6.07 Å². The summed E-state index contributed by atoms with van der Waals surface area (Å²) in [6.07, 6.45) is 0. The number of hydrogen-bond donors (Lipinski definition) is 0. The second kappa shape index (κ2) is 3.64. The Kier molecular flexibility index (Phi) is 2.12. The topological polar surface area (TPSA) is 27.0 Å². The number of rotatable bonds is 0. The minimum atomic E-state index is -0.154. The molecule has 0 bridgehead atoms. The van der Waals surface area contributed by atoms with E-state index in [-0.39, 0.29) is 5.92 Å². The fraction of sp³-hybridized carbons (Fsp3) is 0.133. The van der Waals surface area contributed by atoms with E-state index in [4.69, 9.17) is 0 Å². The number of anilines is 2. The normalized spacial score (nSPS) is 13.8. The molecule has 0 atom stereocenters. The van der Waals surface area contributed by atoms with Crippen LogP contribution < -0.4 is 4.90 Å². The molecule has 0 saturated carbocycles. The predicted molar refractivity (Wildman–Crippen MR) is 68.4 cm³/mol. The van der Waals surface area contributed by atoms with Gasteiger partial charge in [0.15, 0.2) is 0 Å². The lowest BCUT2D eigenvalue weighted by Crippen LogP contribution is -2.20. The van der Waals surface area contributed by atoms with Crippen LogP contribution in [0.3, 0.4) is 0 Å². The van der Waals surface area contributed by atoms with Crippen LogP contribution in [0.4, 0.5) is 11.4 Å². The summed E-state index contributed by atoms with van der Waals surface area (Å²) < 4.78 is 0. The lowest BCUT2D eigenvalue weighted by molar-refractivity contribution is 0.969. The van der Waals surface area contributed by atoms with Gasteiger partial charge in [-0.1, -0.05) is 36.4 Å². The van der Waals surface area contributed by atoms with Gasteiger partial charge in [-0.05, 0) is 23.3 Å². The maximum Gasteiger partial charge on any atom is 0.100 e. The molecule has 2 aromatic rings. The Bertz CT molecular complexity index is 563. The lowest BCUT2D eigenvalue weighted by atomic mass is 9.86. The van der Waals surface area contributed by atoms with Crippen LogP contribution in [0.15, 0.2) is 48.5 Å². The summed E-state index contributed by atoms with van der Waals surface area (Å²) in [4.78, 5) is 2.15. The van der Waals surface area contributed by atoms with Gasteiger partial charge in [-0.15, -0.1) is 0 Å². The monoisotopic (exact) mass is 220 g/mol. The summed E-state index contributed by atoms with van der Waals surface area (Å²) >= 11 is 0. The van der Waals surface area contributed by atoms with Crippen LogP contribution in [0.2, 0.25) is 0 Å². The largest absolute Gasteiger partial charge is 0.344 e. The van der Waals surface area contributed by atoms with Gasteiger partial charge < -0.3 is 4.90 Å². The van der Waals surface area contributed by atoms with Gasteiger partial charge in [0.2, 0.25) is 0 Å². The summed E-state index contributed by atoms with van der Waals surface area (Å²) in [5.41, 5.74) is 4.43. The number of nitriles is 1. The molecule has 0 aliphatic carbocycles. The fourth-order valence-corrected chi connectivity index (χ4v) is 2.51. The zero-order valence-electron chi connectivity index (χ0n) is 9.59. The van der Waals surface area contributed by atoms with E-state index in [2.05, 4.69) is 23.1 Å². The minimum absolute atomic E-state index is 0.154. The van der Waals surface area contributed by atoms with Crippen LogP contribution in [0, 0.1) is 11.3 Å². The first-order chi connectivity index (χ1) is 8.33. The molecule has 0 unspecified atom stereocenters. The van der Waals surface area contributed by atoms with Gasteiger partial charge in [0, 0.05) is 18.4 Å². The predicted octanol–water partition coefficient (Wildman–Crippen LogP) is 3.42. The van der Waals surface area contributed by atoms with Crippen LogP contribution in [0.25, 0.3) is 0 Å². The smallest absolute Gasteiger partial charge is 0.100 e. The summed E-state index contributed by atoms with van der Waals surface area (Å²) in [6, 6.07) is 18.6. The van der Waals surface area contributed by atoms with Crippen molar-refractivity contribution >= 4 is 11.4 Å². The Morgan fingerprint density at radius 1 is 0.941 bits per heavy atom. The van der Waals surface area contributed by atoms with Crippen LogP contribution in [-0.4, -0.2) is 7.05 Å². The van der Waals surface area contributed by atoms with Gasteiger partial charge >= 0.3 is 0 Å². The first kappa shape index (κ1) is 9.92. The SMILES string of the molecule is CN1c2ccccc2C(C#N)c2ccccc21. The molecular weight excluding hydrogens is 208 g/mol. The molecule has 1 aliphatic heterocycles. The van der Waals surface area contributed by atoms with Crippen molar-refractivity contribution in [1.29, 1.82) is 5.26 Å². The highest BCUT2D eigenvalue weighted by Crippen LogP contribution is 2.43. The molecule has 17 heavy (non-hydrogen) atoms. The molecule has 0 aromatic heterocycles. The number of fused-ring (bicyclic) bond motifs is 2. The number of nitrogens with zero attached hydrogens (tertiary/aromatic N) is 2. The minimum Gasteiger partial charge on any atom is -0.344 e. The zero-order valence-corrected chi connectivity index (χ0v) is 9.59. The average Bonchev–Trinajstić information content (AvgIpc) is 2.40. The van der Waals surface area contributed by atoms with Crippen molar-refractivity contribution in [3.63, 3.8) is 0 Å². The molecule has 3 rings (SSSR count). The standard InChI is InChI=1S/C15H12N2/c1-17-14-8-4-2-6-11(14)13(10-16)12-7-3-5-9-15(12)17/h2-9,13H,1H3. The molecule has 0 amide bonds. The fourth-order valence-electron chi connectivity index (χ4n) is 2.51. The highest BCUT2D eigenvalue weighted by molar-refractivity contribution is 5.76. The molecule has 0 saturated heterocycles. The van der Waals surface area contributed by atoms with Gasteiger partial charge in [-0.3, -0.25) is 0 Å². The van der Waals surface area contributed by atoms with E-state index in [0.29, 0.717) is 0 Å². The molecule has 0 N–H and O–H groups in total. The maximum atomic E-state index is 9.40. The molecule has 2 heteroatoms. The third-order valence-electron chi connectivity index (χ3n) is 3.35. The van der Waals surface area contributed by atoms with E-state index in [9.17, 15) is 5.26 Å². The molecule has 2 nitrogen and oxygen atoms in total. The highest BCUT2D eigenvalue weighted by Gasteiger charge is 2.27. The second-order valence-electron chi connectivity index (χ2n) is 4.24. The van der Waals surface area contributed by atoms with Gasteiger partial charge in [-0.25, -0.2) is 0 Å². The third kappa shape index (κ3) is 1.33. The second-order valence-corrected chi connectivity index (χ2v) is 4.24. The average molecular weight is 220 g/mol. The Morgan fingerprint density at radius 2 is 1.41 bits per heavy atom. The van der Waals surface area contributed by atoms with Gasteiger partial charge in [0.05, 0.1) is 6.07 Å². The Hall–Kier alpha value is -2.27. The van der Waals surface area contributed by atoms with Gasteiger partial charge in [0.1, 0.15) is 5.92 Å². The number of hydrogen-bond acceptors (Lipinski definition) is 2. The summed E-state index contributed by atoms with van der Waals surface area (Å²) in [6.45, 7) is 0. The Balaban J connectivity index is 2.30. The van der Waals surface area contributed by atoms with Crippen LogP contribution in [0.1, 0.15) is 17.0 Å². The van der Waals surface area contributed by atoms with Crippen molar-refractivity contribution in [2.75, 3.05) is 11.9 Å². The van der Waals surface area contributed by atoms with Crippen LogP contribution in [-0.2, 0) is 0 Å². The molecule has 2 aromatic carbocycles. The zero-order chi connectivity index (χ0) is 11.8. The van der Waals surface area contributed by atoms with E-state index in [0.717, 1.165) is 22.5 Å². The maximum absolute atomic E-state index is 9.40. The van der Waals surface area contributed by atoms with E-state index < -0.39 is 0 Å². The Labute approximate surface area is 101 Å². The third-order valence-corrected chi connectivity index (χ3v) is 3.35. The molecule has 1 aliphatic rings. The highest BCUT2D eigenvalue weighted by atomic mass is 15.1. The molecule has 82 valence electrons. The molecule has 0 radical (unpaired) electrons. The first-order valence-electron chi connectivity index (χ1n) is 5.64. The molecular formula is C15H12N2. The molecule has 1 heterocycles. The molecule has 0 spiro atoms. The van der Waals surface area contributed by atoms with E-state index in [1.54, 1.807) is 0 Å².